The monoisotopic (exact) mass is 305 g/mol. The Hall–Kier alpha value is -2.14. The van der Waals surface area contributed by atoms with Gasteiger partial charge in [-0.05, 0) is 43.7 Å². The van der Waals surface area contributed by atoms with Gasteiger partial charge in [-0.2, -0.15) is 0 Å². The SMILES string of the molecule is CCN(C(=O)c1ccc(Cl)nn1)C(C)c1cccc(O)c1. The van der Waals surface area contributed by atoms with Gasteiger partial charge >= 0.3 is 0 Å². The minimum atomic E-state index is -0.225. The van der Waals surface area contributed by atoms with E-state index in [9.17, 15) is 9.90 Å². The van der Waals surface area contributed by atoms with Crippen LogP contribution >= 0.6 is 11.6 Å². The molecule has 1 amide bonds. The van der Waals surface area contributed by atoms with Crippen molar-refractivity contribution in [2.45, 2.75) is 19.9 Å². The van der Waals surface area contributed by atoms with Gasteiger partial charge in [-0.25, -0.2) is 0 Å². The van der Waals surface area contributed by atoms with Crippen molar-refractivity contribution in [3.05, 3.63) is 52.8 Å². The van der Waals surface area contributed by atoms with Crippen LogP contribution in [0.25, 0.3) is 0 Å². The molecule has 0 radical (unpaired) electrons. The molecule has 0 saturated carbocycles. The molecule has 1 atom stereocenters. The first kappa shape index (κ1) is 15.3. The Morgan fingerprint density at radius 1 is 1.33 bits per heavy atom. The van der Waals surface area contributed by atoms with Gasteiger partial charge in [0.05, 0.1) is 6.04 Å². The largest absolute Gasteiger partial charge is 0.508 e. The molecule has 1 N–H and O–H groups in total. The fourth-order valence-corrected chi connectivity index (χ4v) is 2.24. The summed E-state index contributed by atoms with van der Waals surface area (Å²) in [5.41, 5.74) is 1.10. The fourth-order valence-electron chi connectivity index (χ4n) is 2.14. The van der Waals surface area contributed by atoms with Crippen LogP contribution in [-0.2, 0) is 0 Å². The van der Waals surface area contributed by atoms with E-state index in [0.717, 1.165) is 5.56 Å². The minimum absolute atomic E-state index is 0.175. The fraction of sp³-hybridized carbons (Fsp3) is 0.267. The molecule has 0 fully saturated rings. The van der Waals surface area contributed by atoms with E-state index in [1.165, 1.54) is 6.07 Å². The summed E-state index contributed by atoms with van der Waals surface area (Å²) in [5.74, 6) is -0.0494. The Morgan fingerprint density at radius 3 is 2.67 bits per heavy atom. The van der Waals surface area contributed by atoms with E-state index in [2.05, 4.69) is 10.2 Å². The first-order valence-corrected chi connectivity index (χ1v) is 7.00. The van der Waals surface area contributed by atoms with E-state index < -0.39 is 0 Å². The summed E-state index contributed by atoms with van der Waals surface area (Å²) in [7, 11) is 0. The second kappa shape index (κ2) is 6.54. The van der Waals surface area contributed by atoms with Crippen LogP contribution in [0.2, 0.25) is 5.15 Å². The molecule has 0 saturated heterocycles. The van der Waals surface area contributed by atoms with Crippen molar-refractivity contribution in [2.24, 2.45) is 0 Å². The van der Waals surface area contributed by atoms with Gasteiger partial charge in [0.1, 0.15) is 5.75 Å². The quantitative estimate of drug-likeness (QED) is 0.942. The number of phenolic OH excluding ortho intramolecular Hbond substituents is 1. The van der Waals surface area contributed by atoms with Crippen LogP contribution in [0, 0.1) is 0 Å². The van der Waals surface area contributed by atoms with Gasteiger partial charge < -0.3 is 10.0 Å². The Kier molecular flexibility index (Phi) is 4.75. The van der Waals surface area contributed by atoms with Gasteiger partial charge in [0.25, 0.3) is 5.91 Å². The van der Waals surface area contributed by atoms with Gasteiger partial charge in [0.15, 0.2) is 10.8 Å². The summed E-state index contributed by atoms with van der Waals surface area (Å²) in [6.07, 6.45) is 0. The average molecular weight is 306 g/mol. The number of rotatable bonds is 4. The molecule has 1 aromatic carbocycles. The Bertz CT molecular complexity index is 631. The molecule has 1 heterocycles. The van der Waals surface area contributed by atoms with E-state index in [1.807, 2.05) is 19.9 Å². The number of carbonyl (C=O) groups excluding carboxylic acids is 1. The molecule has 0 bridgehead atoms. The summed E-state index contributed by atoms with van der Waals surface area (Å²) in [4.78, 5) is 14.2. The van der Waals surface area contributed by atoms with E-state index in [0.29, 0.717) is 6.54 Å². The average Bonchev–Trinajstić information content (AvgIpc) is 2.48. The lowest BCUT2D eigenvalue weighted by molar-refractivity contribution is 0.0694. The van der Waals surface area contributed by atoms with Crippen LogP contribution in [0.1, 0.15) is 35.9 Å². The number of aromatic nitrogens is 2. The summed E-state index contributed by atoms with van der Waals surface area (Å²) >= 11 is 5.68. The van der Waals surface area contributed by atoms with Crippen molar-refractivity contribution >= 4 is 17.5 Å². The highest BCUT2D eigenvalue weighted by atomic mass is 35.5. The number of halogens is 1. The molecule has 1 aromatic heterocycles. The predicted octanol–water partition coefficient (Wildman–Crippen LogP) is 3.06. The Balaban J connectivity index is 2.26. The zero-order valence-electron chi connectivity index (χ0n) is 11.8. The van der Waals surface area contributed by atoms with Crippen LogP contribution in [0.4, 0.5) is 0 Å². The third-order valence-corrected chi connectivity index (χ3v) is 3.47. The topological polar surface area (TPSA) is 66.3 Å². The van der Waals surface area contributed by atoms with Crippen LogP contribution in [-0.4, -0.2) is 32.7 Å². The minimum Gasteiger partial charge on any atom is -0.508 e. The van der Waals surface area contributed by atoms with Crippen molar-refractivity contribution in [2.75, 3.05) is 6.54 Å². The Labute approximate surface area is 128 Å². The molecule has 2 aromatic rings. The molecule has 1 unspecified atom stereocenters. The summed E-state index contributed by atoms with van der Waals surface area (Å²) in [6, 6.07) is 9.76. The van der Waals surface area contributed by atoms with Gasteiger partial charge in [-0.15, -0.1) is 10.2 Å². The normalized spacial score (nSPS) is 12.0. The van der Waals surface area contributed by atoms with Crippen LogP contribution in [0.5, 0.6) is 5.75 Å². The first-order chi connectivity index (χ1) is 10.0. The number of hydrogen-bond donors (Lipinski definition) is 1. The van der Waals surface area contributed by atoms with Crippen LogP contribution in [0.3, 0.4) is 0 Å². The third-order valence-electron chi connectivity index (χ3n) is 3.27. The van der Waals surface area contributed by atoms with E-state index >= 15 is 0 Å². The number of hydrogen-bond acceptors (Lipinski definition) is 4. The number of nitrogens with zero attached hydrogens (tertiary/aromatic N) is 3. The zero-order valence-corrected chi connectivity index (χ0v) is 12.6. The maximum absolute atomic E-state index is 12.5. The van der Waals surface area contributed by atoms with Gasteiger partial charge in [-0.1, -0.05) is 23.7 Å². The lowest BCUT2D eigenvalue weighted by Gasteiger charge is -2.28. The third kappa shape index (κ3) is 3.49. The second-order valence-corrected chi connectivity index (χ2v) is 4.99. The molecule has 0 aliphatic heterocycles. The van der Waals surface area contributed by atoms with Crippen molar-refractivity contribution < 1.29 is 9.90 Å². The van der Waals surface area contributed by atoms with Crippen molar-refractivity contribution in [3.8, 4) is 5.75 Å². The highest BCUT2D eigenvalue weighted by molar-refractivity contribution is 6.29. The lowest BCUT2D eigenvalue weighted by atomic mass is 10.1. The van der Waals surface area contributed by atoms with Gasteiger partial charge in [-0.3, -0.25) is 4.79 Å². The molecule has 5 nitrogen and oxygen atoms in total. The van der Waals surface area contributed by atoms with Crippen molar-refractivity contribution in [3.63, 3.8) is 0 Å². The number of aromatic hydroxyl groups is 1. The van der Waals surface area contributed by atoms with Crippen molar-refractivity contribution in [1.82, 2.24) is 15.1 Å². The smallest absolute Gasteiger partial charge is 0.274 e. The Morgan fingerprint density at radius 2 is 2.10 bits per heavy atom. The first-order valence-electron chi connectivity index (χ1n) is 6.62. The number of carbonyl (C=O) groups is 1. The molecule has 21 heavy (non-hydrogen) atoms. The summed E-state index contributed by atoms with van der Waals surface area (Å²) in [5, 5.41) is 17.3. The maximum atomic E-state index is 12.5. The molecule has 2 rings (SSSR count). The standard InChI is InChI=1S/C15H16ClN3O2/c1-3-19(10(2)11-5-4-6-12(20)9-11)15(21)13-7-8-14(16)18-17-13/h4-10,20H,3H2,1-2H3. The van der Waals surface area contributed by atoms with Crippen LogP contribution in [0.15, 0.2) is 36.4 Å². The van der Waals surface area contributed by atoms with E-state index in [1.54, 1.807) is 29.2 Å². The molecular formula is C15H16ClN3O2. The van der Waals surface area contributed by atoms with E-state index in [4.69, 9.17) is 11.6 Å². The molecule has 0 spiro atoms. The molecule has 0 aliphatic rings. The second-order valence-electron chi connectivity index (χ2n) is 4.60. The molecule has 6 heteroatoms. The lowest BCUT2D eigenvalue weighted by Crippen LogP contribution is -2.34. The van der Waals surface area contributed by atoms with Crippen LogP contribution < -0.4 is 0 Å². The number of benzene rings is 1. The van der Waals surface area contributed by atoms with Gasteiger partial charge in [0, 0.05) is 6.54 Å². The summed E-state index contributed by atoms with van der Waals surface area (Å²) < 4.78 is 0. The highest BCUT2D eigenvalue weighted by Gasteiger charge is 2.22. The van der Waals surface area contributed by atoms with Gasteiger partial charge in [0.2, 0.25) is 0 Å². The highest BCUT2D eigenvalue weighted by Crippen LogP contribution is 2.24. The predicted molar refractivity (Wildman–Crippen MR) is 80.3 cm³/mol. The molecule has 0 aliphatic carbocycles. The summed E-state index contributed by atoms with van der Waals surface area (Å²) in [6.45, 7) is 4.31. The van der Waals surface area contributed by atoms with E-state index in [-0.39, 0.29) is 28.5 Å². The number of phenols is 1. The molecule has 110 valence electrons. The molecular weight excluding hydrogens is 290 g/mol. The maximum Gasteiger partial charge on any atom is 0.274 e. The van der Waals surface area contributed by atoms with Crippen molar-refractivity contribution in [1.29, 1.82) is 0 Å². The zero-order chi connectivity index (χ0) is 15.4. The number of amides is 1.